The molecule has 1 heterocycles. The predicted molar refractivity (Wildman–Crippen MR) is 106 cm³/mol. The van der Waals surface area contributed by atoms with Gasteiger partial charge in [-0.2, -0.15) is 0 Å². The molecule has 1 aliphatic carbocycles. The number of ether oxygens (including phenoxy) is 2. The number of guanidine groups is 1. The Morgan fingerprint density at radius 2 is 1.81 bits per heavy atom. The maximum absolute atomic E-state index is 5.40. The minimum absolute atomic E-state index is 0.771. The maximum atomic E-state index is 5.40. The lowest BCUT2D eigenvalue weighted by atomic mass is 9.82. The second-order valence-electron chi connectivity index (χ2n) is 7.38. The molecule has 26 heavy (non-hydrogen) atoms. The molecule has 1 aromatic rings. The zero-order chi connectivity index (χ0) is 18.4. The summed E-state index contributed by atoms with van der Waals surface area (Å²) in [6.45, 7) is 6.19. The molecule has 2 atom stereocenters. The average Bonchev–Trinajstić information content (AvgIpc) is 3.11. The van der Waals surface area contributed by atoms with Gasteiger partial charge in [-0.1, -0.05) is 18.9 Å². The van der Waals surface area contributed by atoms with Crippen molar-refractivity contribution in [3.05, 3.63) is 23.8 Å². The third-order valence-corrected chi connectivity index (χ3v) is 5.72. The summed E-state index contributed by atoms with van der Waals surface area (Å²) in [5.41, 5.74) is 1.22. The van der Waals surface area contributed by atoms with Crippen LogP contribution in [0.3, 0.4) is 0 Å². The molecule has 0 amide bonds. The van der Waals surface area contributed by atoms with Crippen LogP contribution in [0.5, 0.6) is 11.5 Å². The number of methoxy groups -OCH3 is 2. The third kappa shape index (κ3) is 4.43. The number of hydrogen-bond acceptors (Lipinski definition) is 3. The topological polar surface area (TPSA) is 46.1 Å². The number of fused-ring (bicyclic) bond motifs is 1. The fraction of sp³-hybridized carbons (Fsp3) is 0.667. The van der Waals surface area contributed by atoms with Crippen molar-refractivity contribution < 1.29 is 9.47 Å². The normalized spacial score (nSPS) is 22.9. The Bertz CT molecular complexity index is 603. The molecule has 1 aliphatic heterocycles. The van der Waals surface area contributed by atoms with Crippen molar-refractivity contribution >= 4 is 5.96 Å². The Kier molecular flexibility index (Phi) is 6.64. The zero-order valence-electron chi connectivity index (χ0n) is 16.5. The second-order valence-corrected chi connectivity index (χ2v) is 7.38. The van der Waals surface area contributed by atoms with E-state index in [1.54, 1.807) is 14.2 Å². The van der Waals surface area contributed by atoms with E-state index in [-0.39, 0.29) is 0 Å². The molecule has 144 valence electrons. The number of likely N-dealkylation sites (tertiary alicyclic amines) is 1. The Morgan fingerprint density at radius 1 is 1.12 bits per heavy atom. The van der Waals surface area contributed by atoms with Crippen LogP contribution in [0.1, 0.15) is 38.2 Å². The summed E-state index contributed by atoms with van der Waals surface area (Å²) in [6, 6.07) is 6.11. The molecule has 2 fully saturated rings. The summed E-state index contributed by atoms with van der Waals surface area (Å²) in [6.07, 6.45) is 6.50. The highest BCUT2D eigenvalue weighted by atomic mass is 16.5. The van der Waals surface area contributed by atoms with Gasteiger partial charge in [-0.15, -0.1) is 0 Å². The molecule has 0 bridgehead atoms. The first-order valence-corrected chi connectivity index (χ1v) is 9.99. The van der Waals surface area contributed by atoms with E-state index in [2.05, 4.69) is 23.2 Å². The minimum atomic E-state index is 0.771. The summed E-state index contributed by atoms with van der Waals surface area (Å²) < 4.78 is 10.7. The number of aliphatic imine (C=N–C) groups is 1. The maximum Gasteiger partial charge on any atom is 0.193 e. The lowest BCUT2D eigenvalue weighted by Gasteiger charge is -2.22. The van der Waals surface area contributed by atoms with Gasteiger partial charge in [0.1, 0.15) is 0 Å². The number of nitrogens with zero attached hydrogens (tertiary/aromatic N) is 2. The second kappa shape index (κ2) is 9.15. The predicted octanol–water partition coefficient (Wildman–Crippen LogP) is 3.33. The quantitative estimate of drug-likeness (QED) is 0.625. The van der Waals surface area contributed by atoms with Gasteiger partial charge < -0.3 is 19.7 Å². The van der Waals surface area contributed by atoms with Gasteiger partial charge in [0.25, 0.3) is 0 Å². The van der Waals surface area contributed by atoms with Gasteiger partial charge in [-0.3, -0.25) is 4.99 Å². The van der Waals surface area contributed by atoms with E-state index >= 15 is 0 Å². The molecule has 1 saturated heterocycles. The number of nitrogens with one attached hydrogen (secondary N) is 1. The van der Waals surface area contributed by atoms with E-state index < -0.39 is 0 Å². The minimum Gasteiger partial charge on any atom is -0.493 e. The largest absolute Gasteiger partial charge is 0.493 e. The molecule has 0 aromatic heterocycles. The van der Waals surface area contributed by atoms with Gasteiger partial charge in [-0.25, -0.2) is 0 Å². The van der Waals surface area contributed by atoms with Crippen molar-refractivity contribution in [3.63, 3.8) is 0 Å². The van der Waals surface area contributed by atoms with Crippen molar-refractivity contribution in [2.24, 2.45) is 16.8 Å². The Hall–Kier alpha value is -1.91. The smallest absolute Gasteiger partial charge is 0.193 e. The third-order valence-electron chi connectivity index (χ3n) is 5.72. The van der Waals surface area contributed by atoms with Crippen molar-refractivity contribution in [1.82, 2.24) is 10.2 Å². The van der Waals surface area contributed by atoms with Crippen molar-refractivity contribution in [3.8, 4) is 11.5 Å². The monoisotopic (exact) mass is 359 g/mol. The van der Waals surface area contributed by atoms with Crippen molar-refractivity contribution in [2.45, 2.75) is 39.0 Å². The lowest BCUT2D eigenvalue weighted by Crippen LogP contribution is -2.40. The van der Waals surface area contributed by atoms with Gasteiger partial charge in [0.05, 0.1) is 14.2 Å². The lowest BCUT2D eigenvalue weighted by molar-refractivity contribution is 0.299. The van der Waals surface area contributed by atoms with E-state index in [9.17, 15) is 0 Å². The standard InChI is InChI=1S/C21H33N3O2/c1-4-22-21(24-14-17-7-5-6-8-18(17)15-24)23-12-11-16-9-10-19(25-2)20(13-16)26-3/h9-10,13,17-18H,4-8,11-12,14-15H2,1-3H3,(H,22,23). The molecule has 5 heteroatoms. The van der Waals surface area contributed by atoms with Crippen LogP contribution < -0.4 is 14.8 Å². The van der Waals surface area contributed by atoms with E-state index in [0.717, 1.165) is 48.8 Å². The first-order valence-electron chi connectivity index (χ1n) is 9.99. The molecule has 0 spiro atoms. The molecule has 1 N–H and O–H groups in total. The van der Waals surface area contributed by atoms with Crippen LogP contribution in [-0.4, -0.2) is 51.3 Å². The fourth-order valence-corrected chi connectivity index (χ4v) is 4.33. The average molecular weight is 360 g/mol. The molecule has 5 nitrogen and oxygen atoms in total. The Morgan fingerprint density at radius 3 is 2.42 bits per heavy atom. The summed E-state index contributed by atoms with van der Waals surface area (Å²) in [5, 5.41) is 3.49. The van der Waals surface area contributed by atoms with E-state index in [0.29, 0.717) is 0 Å². The molecular formula is C21H33N3O2. The first-order chi connectivity index (χ1) is 12.7. The number of rotatable bonds is 6. The van der Waals surface area contributed by atoms with Crippen LogP contribution in [0, 0.1) is 11.8 Å². The number of benzene rings is 1. The Balaban J connectivity index is 1.61. The highest BCUT2D eigenvalue weighted by Crippen LogP contribution is 2.36. The molecule has 2 unspecified atom stereocenters. The highest BCUT2D eigenvalue weighted by Gasteiger charge is 2.35. The summed E-state index contributed by atoms with van der Waals surface area (Å²) in [5.74, 6) is 4.39. The van der Waals surface area contributed by atoms with Crippen LogP contribution in [-0.2, 0) is 6.42 Å². The van der Waals surface area contributed by atoms with Crippen molar-refractivity contribution in [1.29, 1.82) is 0 Å². The van der Waals surface area contributed by atoms with Gasteiger partial charge in [-0.05, 0) is 55.7 Å². The van der Waals surface area contributed by atoms with E-state index in [1.807, 2.05) is 12.1 Å². The van der Waals surface area contributed by atoms with Crippen molar-refractivity contribution in [2.75, 3.05) is 40.4 Å². The highest BCUT2D eigenvalue weighted by molar-refractivity contribution is 5.80. The summed E-state index contributed by atoms with van der Waals surface area (Å²) >= 11 is 0. The van der Waals surface area contributed by atoms with Gasteiger partial charge in [0.2, 0.25) is 0 Å². The van der Waals surface area contributed by atoms with Crippen LogP contribution >= 0.6 is 0 Å². The molecule has 3 rings (SSSR count). The van der Waals surface area contributed by atoms with Crippen LogP contribution in [0.2, 0.25) is 0 Å². The molecule has 2 aliphatic rings. The summed E-state index contributed by atoms with van der Waals surface area (Å²) in [7, 11) is 3.34. The molecular weight excluding hydrogens is 326 g/mol. The summed E-state index contributed by atoms with van der Waals surface area (Å²) in [4.78, 5) is 7.39. The number of hydrogen-bond donors (Lipinski definition) is 1. The Labute approximate surface area is 157 Å². The van der Waals surface area contributed by atoms with Crippen LogP contribution in [0.25, 0.3) is 0 Å². The van der Waals surface area contributed by atoms with Gasteiger partial charge in [0.15, 0.2) is 17.5 Å². The SMILES string of the molecule is CCNC(=NCCc1ccc(OC)c(OC)c1)N1CC2CCCCC2C1. The zero-order valence-corrected chi connectivity index (χ0v) is 16.5. The molecule has 0 radical (unpaired) electrons. The van der Waals surface area contributed by atoms with Gasteiger partial charge >= 0.3 is 0 Å². The fourth-order valence-electron chi connectivity index (χ4n) is 4.33. The van der Waals surface area contributed by atoms with Crippen LogP contribution in [0.4, 0.5) is 0 Å². The molecule has 1 aromatic carbocycles. The molecule has 1 saturated carbocycles. The van der Waals surface area contributed by atoms with Gasteiger partial charge in [0, 0.05) is 26.2 Å². The van der Waals surface area contributed by atoms with E-state index in [1.165, 1.54) is 44.3 Å². The van der Waals surface area contributed by atoms with Crippen LogP contribution in [0.15, 0.2) is 23.2 Å². The van der Waals surface area contributed by atoms with E-state index in [4.69, 9.17) is 14.5 Å². The first kappa shape index (κ1) is 18.9.